The van der Waals surface area contributed by atoms with E-state index in [0.29, 0.717) is 23.1 Å². The van der Waals surface area contributed by atoms with Crippen molar-refractivity contribution in [1.29, 1.82) is 0 Å². The van der Waals surface area contributed by atoms with Gasteiger partial charge in [-0.2, -0.15) is 0 Å². The van der Waals surface area contributed by atoms with E-state index in [1.54, 1.807) is 11.4 Å². The largest absolute Gasteiger partial charge is 0.506 e. The summed E-state index contributed by atoms with van der Waals surface area (Å²) in [6.45, 7) is 1.02. The number of guanidine groups is 1. The monoisotopic (exact) mass is 499 g/mol. The van der Waals surface area contributed by atoms with Gasteiger partial charge in [0.15, 0.2) is 5.96 Å². The highest BCUT2D eigenvalue weighted by molar-refractivity contribution is 7.12. The maximum absolute atomic E-state index is 12.4. The molecule has 1 atom stereocenters. The number of carbonyl (C=O) groups excluding carboxylic acids is 2. The fraction of sp³-hybridized carbons (Fsp3) is 0.263. The Balaban J connectivity index is 1.60. The third kappa shape index (κ3) is 6.25. The van der Waals surface area contributed by atoms with Crippen molar-refractivity contribution >= 4 is 64.0 Å². The molecule has 2 aromatic rings. The number of phenolic OH excluding ortho intramolecular Hbond substituents is 1. The van der Waals surface area contributed by atoms with Gasteiger partial charge in [-0.15, -0.1) is 11.3 Å². The maximum Gasteiger partial charge on any atom is 0.305 e. The van der Waals surface area contributed by atoms with Crippen LogP contribution < -0.4 is 21.3 Å². The van der Waals surface area contributed by atoms with E-state index in [1.165, 1.54) is 23.5 Å². The van der Waals surface area contributed by atoms with Crippen LogP contribution in [0.5, 0.6) is 5.75 Å². The summed E-state index contributed by atoms with van der Waals surface area (Å²) in [4.78, 5) is 40.5. The Bertz CT molecular complexity index is 1070. The zero-order chi connectivity index (χ0) is 23.3. The number of amides is 2. The van der Waals surface area contributed by atoms with Crippen LogP contribution in [-0.4, -0.2) is 53.6 Å². The summed E-state index contributed by atoms with van der Waals surface area (Å²) in [6, 6.07) is 3.13. The fourth-order valence-corrected chi connectivity index (χ4v) is 4.16. The molecule has 170 valence electrons. The first-order chi connectivity index (χ1) is 15.2. The van der Waals surface area contributed by atoms with E-state index in [4.69, 9.17) is 23.2 Å². The molecule has 32 heavy (non-hydrogen) atoms. The van der Waals surface area contributed by atoms with E-state index in [1.807, 2.05) is 0 Å². The van der Waals surface area contributed by atoms with Crippen LogP contribution in [0.1, 0.15) is 27.7 Å². The Hall–Kier alpha value is -3.02. The Morgan fingerprint density at radius 2 is 2.03 bits per heavy atom. The molecular formula is C19H19Cl2N5O5S. The second kappa shape index (κ2) is 10.5. The molecule has 1 aromatic carbocycles. The molecule has 1 aromatic heterocycles. The van der Waals surface area contributed by atoms with E-state index in [0.717, 1.165) is 6.54 Å². The van der Waals surface area contributed by atoms with Crippen LogP contribution in [0.3, 0.4) is 0 Å². The van der Waals surface area contributed by atoms with Gasteiger partial charge in [0.2, 0.25) is 5.91 Å². The minimum Gasteiger partial charge on any atom is -0.506 e. The fourth-order valence-electron chi connectivity index (χ4n) is 2.90. The number of hydrogen-bond acceptors (Lipinski definition) is 8. The van der Waals surface area contributed by atoms with Crippen molar-refractivity contribution in [1.82, 2.24) is 16.0 Å². The van der Waals surface area contributed by atoms with Crippen LogP contribution in [-0.2, 0) is 9.59 Å². The summed E-state index contributed by atoms with van der Waals surface area (Å²) in [5.74, 6) is -2.09. The lowest BCUT2D eigenvalue weighted by Gasteiger charge is -2.19. The highest BCUT2D eigenvalue weighted by atomic mass is 35.5. The Morgan fingerprint density at radius 3 is 2.72 bits per heavy atom. The highest BCUT2D eigenvalue weighted by Gasteiger charge is 2.23. The van der Waals surface area contributed by atoms with Crippen molar-refractivity contribution in [3.05, 3.63) is 44.1 Å². The first-order valence-electron chi connectivity index (χ1n) is 9.34. The number of nitrogens with zero attached hydrogens (tertiary/aromatic N) is 1. The molecule has 0 fully saturated rings. The minimum absolute atomic E-state index is 0.0574. The molecule has 3 rings (SSSR count). The summed E-state index contributed by atoms with van der Waals surface area (Å²) < 4.78 is 0. The van der Waals surface area contributed by atoms with Crippen molar-refractivity contribution in [3.63, 3.8) is 0 Å². The predicted octanol–water partition coefficient (Wildman–Crippen LogP) is 2.19. The van der Waals surface area contributed by atoms with Crippen molar-refractivity contribution in [3.8, 4) is 5.75 Å². The van der Waals surface area contributed by atoms with Crippen molar-refractivity contribution < 1.29 is 24.6 Å². The molecule has 0 radical (unpaired) electrons. The lowest BCUT2D eigenvalue weighted by molar-refractivity contribution is -0.137. The van der Waals surface area contributed by atoms with E-state index < -0.39 is 36.8 Å². The minimum atomic E-state index is -1.21. The molecule has 2 heterocycles. The van der Waals surface area contributed by atoms with Gasteiger partial charge in [0.05, 0.1) is 41.1 Å². The van der Waals surface area contributed by atoms with Crippen LogP contribution in [0.15, 0.2) is 28.6 Å². The SMILES string of the molecule is O=C(O)CC(NC(=O)CNC(=O)c1cc(NC2=NCCN2)cs1)c1cc(Cl)cc(Cl)c1O. The molecule has 0 saturated carbocycles. The second-order valence-electron chi connectivity index (χ2n) is 6.71. The summed E-state index contributed by atoms with van der Waals surface area (Å²) in [7, 11) is 0. The normalized spacial score (nSPS) is 13.6. The van der Waals surface area contributed by atoms with E-state index in [9.17, 15) is 24.6 Å². The number of carboxylic acid groups (broad SMARTS) is 1. The van der Waals surface area contributed by atoms with Crippen LogP contribution in [0.25, 0.3) is 0 Å². The summed E-state index contributed by atoms with van der Waals surface area (Å²) in [6.07, 6.45) is -0.526. The summed E-state index contributed by atoms with van der Waals surface area (Å²) >= 11 is 13.0. The first-order valence-corrected chi connectivity index (χ1v) is 11.0. The molecule has 0 bridgehead atoms. The van der Waals surface area contributed by atoms with Gasteiger partial charge in [-0.1, -0.05) is 23.2 Å². The molecule has 1 aliphatic rings. The molecule has 10 nitrogen and oxygen atoms in total. The van der Waals surface area contributed by atoms with Crippen molar-refractivity contribution in [2.75, 3.05) is 25.0 Å². The molecule has 1 unspecified atom stereocenters. The third-order valence-electron chi connectivity index (χ3n) is 4.32. The number of phenols is 1. The van der Waals surface area contributed by atoms with Gasteiger partial charge < -0.3 is 31.5 Å². The molecule has 1 aliphatic heterocycles. The zero-order valence-corrected chi connectivity index (χ0v) is 18.8. The average molecular weight is 500 g/mol. The predicted molar refractivity (Wildman–Crippen MR) is 122 cm³/mol. The van der Waals surface area contributed by atoms with Crippen LogP contribution in [0, 0.1) is 0 Å². The van der Waals surface area contributed by atoms with Crippen molar-refractivity contribution in [2.45, 2.75) is 12.5 Å². The number of hydrogen-bond donors (Lipinski definition) is 6. The number of aliphatic imine (C=N–C) groups is 1. The Labute approximate surface area is 196 Å². The van der Waals surface area contributed by atoms with E-state index in [2.05, 4.69) is 26.3 Å². The molecule has 2 amide bonds. The van der Waals surface area contributed by atoms with Crippen LogP contribution in [0.4, 0.5) is 5.69 Å². The lowest BCUT2D eigenvalue weighted by atomic mass is 10.0. The van der Waals surface area contributed by atoms with Gasteiger partial charge in [0.1, 0.15) is 5.75 Å². The Kier molecular flexibility index (Phi) is 7.78. The Morgan fingerprint density at radius 1 is 1.25 bits per heavy atom. The zero-order valence-electron chi connectivity index (χ0n) is 16.4. The number of thiophene rings is 1. The van der Waals surface area contributed by atoms with Gasteiger partial charge in [-0.05, 0) is 18.2 Å². The number of aromatic hydroxyl groups is 1. The van der Waals surface area contributed by atoms with E-state index >= 15 is 0 Å². The number of benzene rings is 1. The standard InChI is InChI=1S/C19H19Cl2N5O5S/c20-9-3-11(17(30)12(21)4-9)13(6-16(28)29)26-15(27)7-24-18(31)14-5-10(8-32-14)25-19-22-1-2-23-19/h3-5,8,13,30H,1-2,6-7H2,(H,24,31)(H,26,27)(H,28,29)(H2,22,23,25). The number of anilines is 1. The maximum atomic E-state index is 12.4. The van der Waals surface area contributed by atoms with Gasteiger partial charge in [-0.3, -0.25) is 19.4 Å². The van der Waals surface area contributed by atoms with Crippen LogP contribution >= 0.6 is 34.5 Å². The van der Waals surface area contributed by atoms with Gasteiger partial charge in [0.25, 0.3) is 5.91 Å². The van der Waals surface area contributed by atoms with Gasteiger partial charge >= 0.3 is 5.97 Å². The van der Waals surface area contributed by atoms with Crippen LogP contribution in [0.2, 0.25) is 10.0 Å². The van der Waals surface area contributed by atoms with Gasteiger partial charge in [-0.25, -0.2) is 0 Å². The lowest BCUT2D eigenvalue weighted by Crippen LogP contribution is -2.39. The molecule has 0 aliphatic carbocycles. The quantitative estimate of drug-likeness (QED) is 0.325. The first kappa shape index (κ1) is 23.6. The molecular weight excluding hydrogens is 481 g/mol. The average Bonchev–Trinajstić information content (AvgIpc) is 3.40. The smallest absolute Gasteiger partial charge is 0.305 e. The number of halogens is 2. The number of carboxylic acids is 1. The van der Waals surface area contributed by atoms with Gasteiger partial charge in [0, 0.05) is 22.5 Å². The molecule has 13 heteroatoms. The summed E-state index contributed by atoms with van der Waals surface area (Å²) in [5.41, 5.74) is 0.745. The highest BCUT2D eigenvalue weighted by Crippen LogP contribution is 2.36. The number of nitrogens with one attached hydrogen (secondary N) is 4. The van der Waals surface area contributed by atoms with Crippen molar-refractivity contribution in [2.24, 2.45) is 4.99 Å². The number of carbonyl (C=O) groups is 3. The third-order valence-corrected chi connectivity index (χ3v) is 5.75. The van der Waals surface area contributed by atoms with E-state index in [-0.39, 0.29) is 21.4 Å². The number of aliphatic carboxylic acids is 1. The molecule has 6 N–H and O–H groups in total. The second-order valence-corrected chi connectivity index (χ2v) is 8.46. The molecule has 0 saturated heterocycles. The summed E-state index contributed by atoms with van der Waals surface area (Å²) in [5, 5.41) is 32.2. The molecule has 0 spiro atoms. The topological polar surface area (TPSA) is 152 Å². The number of rotatable bonds is 8.